The van der Waals surface area contributed by atoms with E-state index in [4.69, 9.17) is 4.74 Å². The maximum absolute atomic E-state index is 12.4. The smallest absolute Gasteiger partial charge is 0.257 e. The Labute approximate surface area is 142 Å². The normalized spacial score (nSPS) is 15.2. The first-order valence-corrected chi connectivity index (χ1v) is 8.21. The number of phenolic OH excluding ortho intramolecular Hbond substituents is 1. The largest absolute Gasteiger partial charge is 0.507 e. The van der Waals surface area contributed by atoms with Crippen LogP contribution in [0.15, 0.2) is 54.6 Å². The van der Waals surface area contributed by atoms with E-state index in [9.17, 15) is 9.90 Å². The zero-order valence-corrected chi connectivity index (χ0v) is 13.6. The fourth-order valence-corrected chi connectivity index (χ4v) is 2.81. The monoisotopic (exact) mass is 326 g/mol. The summed E-state index contributed by atoms with van der Waals surface area (Å²) in [5.41, 5.74) is 0.373. The molecule has 1 saturated heterocycles. The Morgan fingerprint density at radius 3 is 2.33 bits per heavy atom. The molecule has 1 amide bonds. The summed E-state index contributed by atoms with van der Waals surface area (Å²) in [5.74, 6) is 0.820. The Morgan fingerprint density at radius 2 is 1.62 bits per heavy atom. The van der Waals surface area contributed by atoms with Crippen molar-refractivity contribution in [2.45, 2.75) is 0 Å². The lowest BCUT2D eigenvalue weighted by Gasteiger charge is -2.34. The van der Waals surface area contributed by atoms with Crippen LogP contribution in [0.1, 0.15) is 10.4 Å². The van der Waals surface area contributed by atoms with Gasteiger partial charge < -0.3 is 14.7 Å². The molecule has 1 heterocycles. The summed E-state index contributed by atoms with van der Waals surface area (Å²) in [4.78, 5) is 16.5. The highest BCUT2D eigenvalue weighted by Crippen LogP contribution is 2.18. The molecule has 2 aromatic carbocycles. The van der Waals surface area contributed by atoms with Crippen molar-refractivity contribution in [3.63, 3.8) is 0 Å². The number of para-hydroxylation sites is 2. The van der Waals surface area contributed by atoms with Gasteiger partial charge in [0.1, 0.15) is 18.1 Å². The van der Waals surface area contributed by atoms with E-state index in [2.05, 4.69) is 4.90 Å². The van der Waals surface area contributed by atoms with Crippen LogP contribution in [-0.2, 0) is 0 Å². The molecule has 1 aliphatic heterocycles. The SMILES string of the molecule is O=C(c1ccccc1O)N1CCN(CCOc2ccccc2)CC1. The molecule has 0 aliphatic carbocycles. The predicted octanol–water partition coefficient (Wildman–Crippen LogP) is 2.23. The van der Waals surface area contributed by atoms with Gasteiger partial charge in [0.15, 0.2) is 0 Å². The van der Waals surface area contributed by atoms with E-state index in [1.807, 2.05) is 30.3 Å². The Morgan fingerprint density at radius 1 is 0.958 bits per heavy atom. The van der Waals surface area contributed by atoms with Crippen LogP contribution in [-0.4, -0.2) is 60.1 Å². The number of ether oxygens (including phenoxy) is 1. The molecular formula is C19H22N2O3. The van der Waals surface area contributed by atoms with Gasteiger partial charge in [-0.05, 0) is 24.3 Å². The number of carbonyl (C=O) groups excluding carboxylic acids is 1. The van der Waals surface area contributed by atoms with Crippen LogP contribution in [0, 0.1) is 0 Å². The highest BCUT2D eigenvalue weighted by atomic mass is 16.5. The zero-order chi connectivity index (χ0) is 16.8. The Bertz CT molecular complexity index is 667. The van der Waals surface area contributed by atoms with Gasteiger partial charge in [0.05, 0.1) is 5.56 Å². The number of hydrogen-bond donors (Lipinski definition) is 1. The van der Waals surface area contributed by atoms with E-state index in [1.165, 1.54) is 0 Å². The first kappa shape index (κ1) is 16.3. The minimum atomic E-state index is -0.103. The molecule has 0 unspecified atom stereocenters. The average Bonchev–Trinajstić information content (AvgIpc) is 2.63. The van der Waals surface area contributed by atoms with Crippen molar-refractivity contribution in [3.05, 3.63) is 60.2 Å². The summed E-state index contributed by atoms with van der Waals surface area (Å²) in [7, 11) is 0. The van der Waals surface area contributed by atoms with Crippen LogP contribution in [0.2, 0.25) is 0 Å². The van der Waals surface area contributed by atoms with Gasteiger partial charge in [-0.2, -0.15) is 0 Å². The molecule has 0 bridgehead atoms. The first-order chi connectivity index (χ1) is 11.7. The van der Waals surface area contributed by atoms with Crippen molar-refractivity contribution in [3.8, 4) is 11.5 Å². The lowest BCUT2D eigenvalue weighted by molar-refractivity contribution is 0.0617. The maximum Gasteiger partial charge on any atom is 0.257 e. The molecule has 24 heavy (non-hydrogen) atoms. The van der Waals surface area contributed by atoms with E-state index in [-0.39, 0.29) is 11.7 Å². The minimum Gasteiger partial charge on any atom is -0.507 e. The van der Waals surface area contributed by atoms with Crippen LogP contribution in [0.5, 0.6) is 11.5 Å². The topological polar surface area (TPSA) is 53.0 Å². The van der Waals surface area contributed by atoms with Crippen molar-refractivity contribution in [1.82, 2.24) is 9.80 Å². The number of amides is 1. The van der Waals surface area contributed by atoms with Gasteiger partial charge in [-0.3, -0.25) is 9.69 Å². The molecule has 0 spiro atoms. The second-order valence-corrected chi connectivity index (χ2v) is 5.81. The second-order valence-electron chi connectivity index (χ2n) is 5.81. The Kier molecular flexibility index (Phi) is 5.33. The Balaban J connectivity index is 1.44. The van der Waals surface area contributed by atoms with Crippen molar-refractivity contribution in [2.75, 3.05) is 39.3 Å². The molecule has 0 atom stereocenters. The predicted molar refractivity (Wildman–Crippen MR) is 92.4 cm³/mol. The standard InChI is InChI=1S/C19H22N2O3/c22-18-9-5-4-8-17(18)19(23)21-12-10-20(11-13-21)14-15-24-16-6-2-1-3-7-16/h1-9,22H,10-15H2. The van der Waals surface area contributed by atoms with Gasteiger partial charge in [-0.15, -0.1) is 0 Å². The van der Waals surface area contributed by atoms with Crippen LogP contribution in [0.25, 0.3) is 0 Å². The van der Waals surface area contributed by atoms with Gasteiger partial charge in [0.2, 0.25) is 0 Å². The third-order valence-corrected chi connectivity index (χ3v) is 4.21. The summed E-state index contributed by atoms with van der Waals surface area (Å²) in [6, 6.07) is 16.5. The molecule has 0 aromatic heterocycles. The fourth-order valence-electron chi connectivity index (χ4n) is 2.81. The van der Waals surface area contributed by atoms with Gasteiger partial charge in [0.25, 0.3) is 5.91 Å². The van der Waals surface area contributed by atoms with E-state index in [0.29, 0.717) is 25.3 Å². The maximum atomic E-state index is 12.4. The van der Waals surface area contributed by atoms with Crippen LogP contribution in [0.3, 0.4) is 0 Å². The van der Waals surface area contributed by atoms with Gasteiger partial charge in [-0.25, -0.2) is 0 Å². The van der Waals surface area contributed by atoms with Crippen molar-refractivity contribution < 1.29 is 14.6 Å². The minimum absolute atomic E-state index is 0.0428. The number of hydrogen-bond acceptors (Lipinski definition) is 4. The second kappa shape index (κ2) is 7.84. The number of benzene rings is 2. The molecule has 0 saturated carbocycles. The van der Waals surface area contributed by atoms with Crippen LogP contribution >= 0.6 is 0 Å². The van der Waals surface area contributed by atoms with Crippen molar-refractivity contribution >= 4 is 5.91 Å². The van der Waals surface area contributed by atoms with Crippen molar-refractivity contribution in [1.29, 1.82) is 0 Å². The highest BCUT2D eigenvalue weighted by molar-refractivity contribution is 5.96. The summed E-state index contributed by atoms with van der Waals surface area (Å²) < 4.78 is 5.71. The van der Waals surface area contributed by atoms with Crippen LogP contribution < -0.4 is 4.74 Å². The molecule has 126 valence electrons. The molecule has 3 rings (SSSR count). The molecule has 1 N–H and O–H groups in total. The number of aromatic hydroxyl groups is 1. The summed E-state index contributed by atoms with van der Waals surface area (Å²) in [6.07, 6.45) is 0. The number of piperazine rings is 1. The van der Waals surface area contributed by atoms with Gasteiger partial charge in [0, 0.05) is 32.7 Å². The summed E-state index contributed by atoms with van der Waals surface area (Å²) >= 11 is 0. The van der Waals surface area contributed by atoms with E-state index >= 15 is 0 Å². The van der Waals surface area contributed by atoms with E-state index < -0.39 is 0 Å². The fraction of sp³-hybridized carbons (Fsp3) is 0.316. The third kappa shape index (κ3) is 4.06. The number of phenols is 1. The zero-order valence-electron chi connectivity index (χ0n) is 13.6. The van der Waals surface area contributed by atoms with Gasteiger partial charge in [-0.1, -0.05) is 30.3 Å². The van der Waals surface area contributed by atoms with Crippen LogP contribution in [0.4, 0.5) is 0 Å². The van der Waals surface area contributed by atoms with E-state index in [1.54, 1.807) is 29.2 Å². The summed E-state index contributed by atoms with van der Waals surface area (Å²) in [6.45, 7) is 4.44. The molecule has 5 heteroatoms. The van der Waals surface area contributed by atoms with Crippen molar-refractivity contribution in [2.24, 2.45) is 0 Å². The average molecular weight is 326 g/mol. The number of carbonyl (C=O) groups is 1. The molecule has 1 fully saturated rings. The number of rotatable bonds is 5. The lowest BCUT2D eigenvalue weighted by atomic mass is 10.1. The quantitative estimate of drug-likeness (QED) is 0.915. The first-order valence-electron chi connectivity index (χ1n) is 8.21. The molecule has 0 radical (unpaired) electrons. The lowest BCUT2D eigenvalue weighted by Crippen LogP contribution is -2.49. The summed E-state index contributed by atoms with van der Waals surface area (Å²) in [5, 5.41) is 9.81. The number of nitrogens with zero attached hydrogens (tertiary/aromatic N) is 2. The molecule has 2 aromatic rings. The molecule has 5 nitrogen and oxygen atoms in total. The third-order valence-electron chi connectivity index (χ3n) is 4.21. The molecular weight excluding hydrogens is 304 g/mol. The van der Waals surface area contributed by atoms with Gasteiger partial charge >= 0.3 is 0 Å². The van der Waals surface area contributed by atoms with E-state index in [0.717, 1.165) is 25.4 Å². The Hall–Kier alpha value is -2.53. The highest BCUT2D eigenvalue weighted by Gasteiger charge is 2.23. The molecule has 1 aliphatic rings.